The largest absolute Gasteiger partial charge is 0.338 e. The number of hydrogen-bond acceptors (Lipinski definition) is 0. The highest BCUT2D eigenvalue weighted by molar-refractivity contribution is 5.69. The van der Waals surface area contributed by atoms with Crippen LogP contribution in [0.5, 0.6) is 0 Å². The molecule has 0 saturated carbocycles. The first-order chi connectivity index (χ1) is 9.56. The molecule has 5 N–H and O–H groups in total. The molecule has 0 amide bonds. The van der Waals surface area contributed by atoms with E-state index in [-0.39, 0.29) is 0 Å². The molecule has 0 spiro atoms. The molecule has 1 aromatic carbocycles. The van der Waals surface area contributed by atoms with E-state index >= 15 is 0 Å². The summed E-state index contributed by atoms with van der Waals surface area (Å²) < 4.78 is 0. The van der Waals surface area contributed by atoms with E-state index in [9.17, 15) is 0 Å². The highest BCUT2D eigenvalue weighted by atomic mass is 15.0. The molecule has 0 fully saturated rings. The first-order valence-corrected chi connectivity index (χ1v) is 7.79. The van der Waals surface area contributed by atoms with Crippen molar-refractivity contribution in [3.05, 3.63) is 34.9 Å². The van der Waals surface area contributed by atoms with Crippen molar-refractivity contribution < 1.29 is 4.99 Å². The Morgan fingerprint density at radius 1 is 1.35 bits per heavy atom. The number of hydrogen-bond donors (Lipinski definition) is 3. The van der Waals surface area contributed by atoms with E-state index in [1.165, 1.54) is 24.8 Å². The van der Waals surface area contributed by atoms with Gasteiger partial charge in [0.15, 0.2) is 0 Å². The predicted octanol–water partition coefficient (Wildman–Crippen LogP) is 1.05. The van der Waals surface area contributed by atoms with Crippen molar-refractivity contribution in [3.63, 3.8) is 0 Å². The zero-order valence-electron chi connectivity index (χ0n) is 12.8. The number of fused-ring (bicyclic) bond motifs is 1. The van der Waals surface area contributed by atoms with E-state index in [0.29, 0.717) is 5.96 Å². The van der Waals surface area contributed by atoms with Crippen molar-refractivity contribution in [1.82, 2.24) is 0 Å². The molecule has 20 heavy (non-hydrogen) atoms. The fourth-order valence-corrected chi connectivity index (χ4v) is 3.23. The summed E-state index contributed by atoms with van der Waals surface area (Å²) in [7, 11) is 0. The molecule has 0 aromatic heterocycles. The molecular formula is C17H28N3+. The molecule has 0 aliphatic heterocycles. The maximum absolute atomic E-state index is 5.39. The zero-order chi connectivity index (χ0) is 14.5. The molecular weight excluding hydrogens is 246 g/mol. The van der Waals surface area contributed by atoms with Gasteiger partial charge in [-0.1, -0.05) is 32.0 Å². The van der Waals surface area contributed by atoms with Crippen molar-refractivity contribution >= 4 is 5.96 Å². The SMILES string of the molecule is CC(C)CC1CCc2ccc(CCC[NH+]=C(N)N)cc21. The van der Waals surface area contributed by atoms with Crippen LogP contribution in [-0.4, -0.2) is 12.5 Å². The topological polar surface area (TPSA) is 66.0 Å². The summed E-state index contributed by atoms with van der Waals surface area (Å²) in [6.07, 6.45) is 6.05. The average Bonchev–Trinajstić information content (AvgIpc) is 2.76. The Morgan fingerprint density at radius 3 is 2.85 bits per heavy atom. The minimum Gasteiger partial charge on any atom is -0.291 e. The molecule has 1 aromatic rings. The van der Waals surface area contributed by atoms with Crippen molar-refractivity contribution in [2.75, 3.05) is 6.54 Å². The van der Waals surface area contributed by atoms with Crippen LogP contribution in [0.15, 0.2) is 18.2 Å². The normalized spacial score (nSPS) is 17.2. The first-order valence-electron chi connectivity index (χ1n) is 7.79. The van der Waals surface area contributed by atoms with E-state index in [4.69, 9.17) is 11.5 Å². The molecule has 1 unspecified atom stereocenters. The molecule has 110 valence electrons. The number of benzene rings is 1. The summed E-state index contributed by atoms with van der Waals surface area (Å²) in [5, 5.41) is 0. The van der Waals surface area contributed by atoms with Crippen LogP contribution in [0.25, 0.3) is 0 Å². The van der Waals surface area contributed by atoms with E-state index in [1.807, 2.05) is 0 Å². The van der Waals surface area contributed by atoms with Gasteiger partial charge in [-0.15, -0.1) is 0 Å². The summed E-state index contributed by atoms with van der Waals surface area (Å²) in [5.41, 5.74) is 15.4. The molecule has 1 aliphatic rings. The average molecular weight is 274 g/mol. The Balaban J connectivity index is 1.98. The third-order valence-corrected chi connectivity index (χ3v) is 4.14. The Bertz CT molecular complexity index is 473. The second kappa shape index (κ2) is 6.78. The molecule has 3 heteroatoms. The van der Waals surface area contributed by atoms with Gasteiger partial charge in [0.25, 0.3) is 0 Å². The van der Waals surface area contributed by atoms with Gasteiger partial charge in [-0.3, -0.25) is 16.5 Å². The monoisotopic (exact) mass is 274 g/mol. The maximum Gasteiger partial charge on any atom is 0.338 e. The Labute approximate surface area is 122 Å². The predicted molar refractivity (Wildman–Crippen MR) is 84.5 cm³/mol. The van der Waals surface area contributed by atoms with Gasteiger partial charge in [0.05, 0.1) is 6.54 Å². The summed E-state index contributed by atoms with van der Waals surface area (Å²) in [6, 6.07) is 7.05. The number of nitrogens with two attached hydrogens (primary N) is 2. The molecule has 1 atom stereocenters. The Hall–Kier alpha value is -1.51. The molecule has 0 bridgehead atoms. The van der Waals surface area contributed by atoms with Gasteiger partial charge >= 0.3 is 5.96 Å². The van der Waals surface area contributed by atoms with Crippen LogP contribution < -0.4 is 16.5 Å². The second-order valence-electron chi connectivity index (χ2n) is 6.38. The Kier molecular flexibility index (Phi) is 5.05. The molecule has 0 saturated heterocycles. The quantitative estimate of drug-likeness (QED) is 0.412. The van der Waals surface area contributed by atoms with Crippen LogP contribution in [0.2, 0.25) is 0 Å². The maximum atomic E-state index is 5.39. The summed E-state index contributed by atoms with van der Waals surface area (Å²) in [4.78, 5) is 2.98. The van der Waals surface area contributed by atoms with Crippen molar-refractivity contribution in [1.29, 1.82) is 0 Å². The van der Waals surface area contributed by atoms with Crippen LogP contribution in [0.1, 0.15) is 55.7 Å². The van der Waals surface area contributed by atoms with Crippen molar-refractivity contribution in [2.24, 2.45) is 17.4 Å². The van der Waals surface area contributed by atoms with Gasteiger partial charge in [-0.25, -0.2) is 0 Å². The first kappa shape index (κ1) is 14.9. The van der Waals surface area contributed by atoms with E-state index in [0.717, 1.165) is 31.2 Å². The van der Waals surface area contributed by atoms with Crippen LogP contribution in [-0.2, 0) is 12.8 Å². The lowest BCUT2D eigenvalue weighted by Gasteiger charge is -2.15. The highest BCUT2D eigenvalue weighted by Crippen LogP contribution is 2.37. The molecule has 3 nitrogen and oxygen atoms in total. The fourth-order valence-electron chi connectivity index (χ4n) is 3.23. The second-order valence-corrected chi connectivity index (χ2v) is 6.38. The highest BCUT2D eigenvalue weighted by Gasteiger charge is 2.23. The van der Waals surface area contributed by atoms with E-state index < -0.39 is 0 Å². The van der Waals surface area contributed by atoms with Crippen LogP contribution in [0.3, 0.4) is 0 Å². The number of rotatable bonds is 6. The number of aryl methyl sites for hydroxylation is 2. The molecule has 1 aliphatic carbocycles. The summed E-state index contributed by atoms with van der Waals surface area (Å²) >= 11 is 0. The lowest BCUT2D eigenvalue weighted by atomic mass is 9.90. The molecule has 0 radical (unpaired) electrons. The molecule has 2 rings (SSSR count). The minimum atomic E-state index is 0.316. The summed E-state index contributed by atoms with van der Waals surface area (Å²) in [5.74, 6) is 1.87. The Morgan fingerprint density at radius 2 is 2.15 bits per heavy atom. The molecule has 0 heterocycles. The minimum absolute atomic E-state index is 0.316. The third kappa shape index (κ3) is 3.99. The van der Waals surface area contributed by atoms with Gasteiger partial charge in [0, 0.05) is 0 Å². The number of guanidine groups is 1. The van der Waals surface area contributed by atoms with Gasteiger partial charge in [-0.2, -0.15) is 0 Å². The van der Waals surface area contributed by atoms with E-state index in [1.54, 1.807) is 11.1 Å². The van der Waals surface area contributed by atoms with Gasteiger partial charge < -0.3 is 0 Å². The fraction of sp³-hybridized carbons (Fsp3) is 0.588. The number of nitrogens with one attached hydrogen (secondary N) is 1. The van der Waals surface area contributed by atoms with E-state index in [2.05, 4.69) is 37.0 Å². The standard InChI is InChI=1S/C17H27N3/c1-12(2)10-15-8-7-14-6-5-13(11-16(14)15)4-3-9-20-17(18)19/h5-6,11-12,15H,3-4,7-10H2,1-2H3,(H4,18,19,20)/p+1. The lowest BCUT2D eigenvalue weighted by Crippen LogP contribution is -2.78. The van der Waals surface area contributed by atoms with Crippen LogP contribution in [0, 0.1) is 5.92 Å². The van der Waals surface area contributed by atoms with Crippen LogP contribution >= 0.6 is 0 Å². The summed E-state index contributed by atoms with van der Waals surface area (Å²) in [6.45, 7) is 5.48. The van der Waals surface area contributed by atoms with Gasteiger partial charge in [0.1, 0.15) is 0 Å². The zero-order valence-corrected chi connectivity index (χ0v) is 12.8. The van der Waals surface area contributed by atoms with Crippen LogP contribution in [0.4, 0.5) is 0 Å². The smallest absolute Gasteiger partial charge is 0.291 e. The van der Waals surface area contributed by atoms with Gasteiger partial charge in [0.2, 0.25) is 0 Å². The van der Waals surface area contributed by atoms with Gasteiger partial charge in [-0.05, 0) is 60.6 Å². The van der Waals surface area contributed by atoms with Crippen molar-refractivity contribution in [3.8, 4) is 0 Å². The lowest BCUT2D eigenvalue weighted by molar-refractivity contribution is -0.459. The third-order valence-electron chi connectivity index (χ3n) is 4.14. The van der Waals surface area contributed by atoms with Crippen molar-refractivity contribution in [2.45, 2.75) is 51.9 Å².